The highest BCUT2D eigenvalue weighted by atomic mass is 16.1. The molecule has 3 heterocycles. The van der Waals surface area contributed by atoms with Crippen molar-refractivity contribution < 1.29 is 4.79 Å². The van der Waals surface area contributed by atoms with Gasteiger partial charge < -0.3 is 10.2 Å². The molecule has 1 aromatic heterocycles. The zero-order chi connectivity index (χ0) is 15.5. The van der Waals surface area contributed by atoms with Crippen molar-refractivity contribution in [1.82, 2.24) is 15.2 Å². The molecule has 0 aliphatic carbocycles. The van der Waals surface area contributed by atoms with Gasteiger partial charge in [-0.05, 0) is 51.4 Å². The molecule has 0 unspecified atom stereocenters. The molecule has 0 radical (unpaired) electrons. The minimum absolute atomic E-state index is 0.0742. The Balaban J connectivity index is 1.58. The molecule has 0 bridgehead atoms. The predicted octanol–water partition coefficient (Wildman–Crippen LogP) is 1.95. The Hall–Kier alpha value is -1.62. The summed E-state index contributed by atoms with van der Waals surface area (Å²) in [6, 6.07) is 5.20. The first-order valence-electron chi connectivity index (χ1n) is 8.32. The van der Waals surface area contributed by atoms with Gasteiger partial charge in [0.05, 0.1) is 23.6 Å². The van der Waals surface area contributed by atoms with Crippen LogP contribution in [-0.2, 0) is 4.79 Å². The second-order valence-corrected chi connectivity index (χ2v) is 6.54. The van der Waals surface area contributed by atoms with E-state index in [4.69, 9.17) is 4.98 Å². The maximum atomic E-state index is 11.1. The Labute approximate surface area is 132 Å². The Morgan fingerprint density at radius 1 is 1.23 bits per heavy atom. The number of amides is 1. The number of rotatable bonds is 3. The molecule has 1 amide bonds. The lowest BCUT2D eigenvalue weighted by atomic mass is 10.0. The van der Waals surface area contributed by atoms with Gasteiger partial charge in [0.2, 0.25) is 5.91 Å². The van der Waals surface area contributed by atoms with Crippen LogP contribution in [0.15, 0.2) is 18.3 Å². The van der Waals surface area contributed by atoms with Crippen LogP contribution in [-0.4, -0.2) is 48.5 Å². The summed E-state index contributed by atoms with van der Waals surface area (Å²) in [6.07, 6.45) is 6.51. The van der Waals surface area contributed by atoms with Gasteiger partial charge in [-0.2, -0.15) is 0 Å². The van der Waals surface area contributed by atoms with Gasteiger partial charge in [0.1, 0.15) is 0 Å². The molecule has 1 aromatic rings. The van der Waals surface area contributed by atoms with E-state index in [1.807, 2.05) is 6.20 Å². The Kier molecular flexibility index (Phi) is 4.62. The summed E-state index contributed by atoms with van der Waals surface area (Å²) in [5, 5.41) is 3.02. The van der Waals surface area contributed by atoms with Crippen LogP contribution in [0.5, 0.6) is 0 Å². The van der Waals surface area contributed by atoms with Gasteiger partial charge in [0.15, 0.2) is 0 Å². The molecule has 2 aliphatic heterocycles. The van der Waals surface area contributed by atoms with E-state index in [9.17, 15) is 4.79 Å². The number of aromatic nitrogens is 1. The molecule has 0 aromatic carbocycles. The summed E-state index contributed by atoms with van der Waals surface area (Å²) in [7, 11) is 2.18. The van der Waals surface area contributed by atoms with Crippen molar-refractivity contribution in [3.8, 4) is 0 Å². The molecule has 120 valence electrons. The van der Waals surface area contributed by atoms with Crippen molar-refractivity contribution in [2.24, 2.45) is 0 Å². The van der Waals surface area contributed by atoms with E-state index in [0.29, 0.717) is 12.1 Å². The van der Waals surface area contributed by atoms with E-state index in [1.165, 1.54) is 30.8 Å². The summed E-state index contributed by atoms with van der Waals surface area (Å²) >= 11 is 0. The number of hydrogen-bond donors (Lipinski definition) is 1. The van der Waals surface area contributed by atoms with Gasteiger partial charge in [0, 0.05) is 26.1 Å². The minimum atomic E-state index is 0.0742. The number of carbonyl (C=O) groups excluding carboxylic acids is 1. The quantitative estimate of drug-likeness (QED) is 0.927. The first-order chi connectivity index (χ1) is 10.6. The number of pyridine rings is 1. The van der Waals surface area contributed by atoms with Crippen LogP contribution in [0, 0.1) is 0 Å². The van der Waals surface area contributed by atoms with Gasteiger partial charge >= 0.3 is 0 Å². The number of anilines is 1. The van der Waals surface area contributed by atoms with Gasteiger partial charge in [-0.3, -0.25) is 14.7 Å². The zero-order valence-corrected chi connectivity index (χ0v) is 13.6. The fourth-order valence-corrected chi connectivity index (χ4v) is 3.64. The molecule has 0 spiro atoms. The smallest absolute Gasteiger partial charge is 0.217 e. The topological polar surface area (TPSA) is 48.5 Å². The average molecular weight is 302 g/mol. The normalized spacial score (nSPS) is 23.7. The van der Waals surface area contributed by atoms with Crippen molar-refractivity contribution in [1.29, 1.82) is 0 Å². The van der Waals surface area contributed by atoms with Crippen molar-refractivity contribution in [3.05, 3.63) is 24.0 Å². The Morgan fingerprint density at radius 3 is 2.55 bits per heavy atom. The third kappa shape index (κ3) is 3.40. The predicted molar refractivity (Wildman–Crippen MR) is 87.9 cm³/mol. The fourth-order valence-electron chi connectivity index (χ4n) is 3.64. The molecule has 2 fully saturated rings. The van der Waals surface area contributed by atoms with Crippen LogP contribution in [0.1, 0.15) is 44.3 Å². The molecule has 1 atom stereocenters. The average Bonchev–Trinajstić information content (AvgIpc) is 2.94. The number of nitrogens with zero attached hydrogens (tertiary/aromatic N) is 3. The van der Waals surface area contributed by atoms with Crippen molar-refractivity contribution in [2.45, 2.75) is 44.7 Å². The number of likely N-dealkylation sites (tertiary alicyclic amines) is 1. The highest BCUT2D eigenvalue weighted by Crippen LogP contribution is 2.30. The third-order valence-corrected chi connectivity index (χ3v) is 4.90. The number of hydrogen-bond acceptors (Lipinski definition) is 4. The number of nitrogens with one attached hydrogen (secondary N) is 1. The molecule has 5 heteroatoms. The maximum Gasteiger partial charge on any atom is 0.217 e. The second-order valence-electron chi connectivity index (χ2n) is 6.54. The molecular formula is C17H26N4O. The van der Waals surface area contributed by atoms with E-state index in [2.05, 4.69) is 34.3 Å². The monoisotopic (exact) mass is 302 g/mol. The lowest BCUT2D eigenvalue weighted by molar-refractivity contribution is -0.119. The van der Waals surface area contributed by atoms with E-state index in [-0.39, 0.29) is 5.91 Å². The SMILES string of the molecule is CC(=O)NC1CCN(c2ccc([C@H]3CCCN3C)nc2)CC1. The first kappa shape index (κ1) is 15.3. The highest BCUT2D eigenvalue weighted by molar-refractivity contribution is 5.73. The van der Waals surface area contributed by atoms with Crippen LogP contribution in [0.4, 0.5) is 5.69 Å². The van der Waals surface area contributed by atoms with Gasteiger partial charge in [-0.25, -0.2) is 0 Å². The Bertz CT molecular complexity index is 508. The second kappa shape index (κ2) is 6.65. The molecule has 3 rings (SSSR count). The molecule has 2 aliphatic rings. The standard InChI is InChI=1S/C17H26N4O/c1-13(22)19-14-7-10-21(11-8-14)15-5-6-16(18-12-15)17-4-3-9-20(17)2/h5-6,12,14,17H,3-4,7-11H2,1-2H3,(H,19,22)/t17-/m1/s1. The zero-order valence-electron chi connectivity index (χ0n) is 13.6. The van der Waals surface area contributed by atoms with Crippen molar-refractivity contribution in [3.63, 3.8) is 0 Å². The first-order valence-corrected chi connectivity index (χ1v) is 8.32. The fraction of sp³-hybridized carbons (Fsp3) is 0.647. The molecule has 0 saturated carbocycles. The van der Waals surface area contributed by atoms with Gasteiger partial charge in [-0.15, -0.1) is 0 Å². The summed E-state index contributed by atoms with van der Waals surface area (Å²) in [6.45, 7) is 4.73. The summed E-state index contributed by atoms with van der Waals surface area (Å²) in [4.78, 5) is 20.6. The molecule has 1 N–H and O–H groups in total. The van der Waals surface area contributed by atoms with Crippen molar-refractivity contribution >= 4 is 11.6 Å². The third-order valence-electron chi connectivity index (χ3n) is 4.90. The summed E-state index contributed by atoms with van der Waals surface area (Å²) < 4.78 is 0. The summed E-state index contributed by atoms with van der Waals surface area (Å²) in [5.41, 5.74) is 2.39. The lowest BCUT2D eigenvalue weighted by Crippen LogP contribution is -2.44. The Morgan fingerprint density at radius 2 is 2.00 bits per heavy atom. The summed E-state index contributed by atoms with van der Waals surface area (Å²) in [5.74, 6) is 0.0742. The van der Waals surface area contributed by atoms with Crippen LogP contribution in [0.3, 0.4) is 0 Å². The number of piperidine rings is 1. The molecule has 2 saturated heterocycles. The van der Waals surface area contributed by atoms with Crippen LogP contribution in [0.2, 0.25) is 0 Å². The van der Waals surface area contributed by atoms with Crippen LogP contribution < -0.4 is 10.2 Å². The maximum absolute atomic E-state index is 11.1. The van der Waals surface area contributed by atoms with Gasteiger partial charge in [0.25, 0.3) is 0 Å². The highest BCUT2D eigenvalue weighted by Gasteiger charge is 2.24. The van der Waals surface area contributed by atoms with Crippen molar-refractivity contribution in [2.75, 3.05) is 31.6 Å². The minimum Gasteiger partial charge on any atom is -0.370 e. The van der Waals surface area contributed by atoms with Crippen LogP contribution >= 0.6 is 0 Å². The van der Waals surface area contributed by atoms with E-state index in [0.717, 1.165) is 25.9 Å². The van der Waals surface area contributed by atoms with Gasteiger partial charge in [-0.1, -0.05) is 0 Å². The lowest BCUT2D eigenvalue weighted by Gasteiger charge is -2.33. The number of carbonyl (C=O) groups is 1. The largest absolute Gasteiger partial charge is 0.370 e. The van der Waals surface area contributed by atoms with E-state index >= 15 is 0 Å². The van der Waals surface area contributed by atoms with E-state index < -0.39 is 0 Å². The molecule has 5 nitrogen and oxygen atoms in total. The van der Waals surface area contributed by atoms with E-state index in [1.54, 1.807) is 6.92 Å². The van der Waals surface area contributed by atoms with Crippen LogP contribution in [0.25, 0.3) is 0 Å². The molecule has 22 heavy (non-hydrogen) atoms. The molecular weight excluding hydrogens is 276 g/mol.